The molecule has 2 nitrogen and oxygen atoms in total. The van der Waals surface area contributed by atoms with Crippen molar-refractivity contribution in [1.29, 1.82) is 0 Å². The molecule has 2 heteroatoms. The summed E-state index contributed by atoms with van der Waals surface area (Å²) in [4.78, 5) is 2.47. The molecule has 1 aliphatic carbocycles. The highest BCUT2D eigenvalue weighted by Gasteiger charge is 2.25. The summed E-state index contributed by atoms with van der Waals surface area (Å²) < 4.78 is 0. The van der Waals surface area contributed by atoms with E-state index in [4.69, 9.17) is 0 Å². The molecule has 0 amide bonds. The monoisotopic (exact) mass is 232 g/mol. The molecule has 2 rings (SSSR count). The summed E-state index contributed by atoms with van der Waals surface area (Å²) in [5.74, 6) is 0.599. The van der Waals surface area contributed by atoms with Crippen LogP contribution in [0.4, 0.5) is 0 Å². The van der Waals surface area contributed by atoms with E-state index in [0.717, 1.165) is 19.1 Å². The zero-order chi connectivity index (χ0) is 12.1. The van der Waals surface area contributed by atoms with Crippen LogP contribution in [-0.4, -0.2) is 37.6 Å². The lowest BCUT2D eigenvalue weighted by Crippen LogP contribution is -2.32. The summed E-state index contributed by atoms with van der Waals surface area (Å²) >= 11 is 0. The van der Waals surface area contributed by atoms with Crippen molar-refractivity contribution in [2.24, 2.45) is 0 Å². The third-order valence-corrected chi connectivity index (χ3v) is 3.63. The van der Waals surface area contributed by atoms with Crippen molar-refractivity contribution >= 4 is 0 Å². The number of nitrogens with one attached hydrogen (secondary N) is 1. The van der Waals surface area contributed by atoms with Crippen molar-refractivity contribution in [3.63, 3.8) is 0 Å². The van der Waals surface area contributed by atoms with Crippen molar-refractivity contribution in [1.82, 2.24) is 10.2 Å². The Morgan fingerprint density at radius 2 is 2.00 bits per heavy atom. The number of hydrogen-bond acceptors (Lipinski definition) is 2. The smallest absolute Gasteiger partial charge is 0.0107 e. The second-order valence-electron chi connectivity index (χ2n) is 5.23. The van der Waals surface area contributed by atoms with E-state index in [2.05, 4.69) is 54.5 Å². The van der Waals surface area contributed by atoms with Crippen LogP contribution in [0.3, 0.4) is 0 Å². The first-order valence-electron chi connectivity index (χ1n) is 6.73. The van der Waals surface area contributed by atoms with Gasteiger partial charge in [0.25, 0.3) is 0 Å². The van der Waals surface area contributed by atoms with E-state index in [1.165, 1.54) is 24.9 Å². The van der Waals surface area contributed by atoms with Gasteiger partial charge in [-0.25, -0.2) is 0 Å². The Balaban J connectivity index is 1.61. The molecule has 0 aromatic heterocycles. The number of benzene rings is 1. The van der Waals surface area contributed by atoms with Gasteiger partial charge >= 0.3 is 0 Å². The Morgan fingerprint density at radius 3 is 2.65 bits per heavy atom. The van der Waals surface area contributed by atoms with E-state index >= 15 is 0 Å². The molecule has 1 aliphatic rings. The van der Waals surface area contributed by atoms with Crippen LogP contribution >= 0.6 is 0 Å². The van der Waals surface area contributed by atoms with Gasteiger partial charge < -0.3 is 10.2 Å². The fourth-order valence-corrected chi connectivity index (χ4v) is 2.17. The van der Waals surface area contributed by atoms with E-state index < -0.39 is 0 Å². The molecule has 0 radical (unpaired) electrons. The molecule has 0 saturated heterocycles. The van der Waals surface area contributed by atoms with Crippen LogP contribution in [0.25, 0.3) is 0 Å². The van der Waals surface area contributed by atoms with Crippen molar-refractivity contribution in [2.45, 2.75) is 31.7 Å². The third-order valence-electron chi connectivity index (χ3n) is 3.63. The van der Waals surface area contributed by atoms with E-state index in [9.17, 15) is 0 Å². The first-order chi connectivity index (χ1) is 8.27. The number of likely N-dealkylation sites (N-methyl/N-ethyl adjacent to an activating group) is 1. The molecule has 0 spiro atoms. The van der Waals surface area contributed by atoms with Gasteiger partial charge in [-0.2, -0.15) is 0 Å². The fraction of sp³-hybridized carbons (Fsp3) is 0.600. The molecular formula is C15H24N2. The van der Waals surface area contributed by atoms with Gasteiger partial charge in [-0.3, -0.25) is 0 Å². The Hall–Kier alpha value is -0.860. The number of nitrogens with zero attached hydrogens (tertiary/aromatic N) is 1. The summed E-state index contributed by atoms with van der Waals surface area (Å²) in [5, 5.41) is 3.56. The molecule has 0 aliphatic heterocycles. The van der Waals surface area contributed by atoms with Crippen molar-refractivity contribution in [3.8, 4) is 0 Å². The maximum Gasteiger partial charge on any atom is 0.0107 e. The van der Waals surface area contributed by atoms with Gasteiger partial charge in [0.1, 0.15) is 0 Å². The van der Waals surface area contributed by atoms with Gasteiger partial charge in [0.2, 0.25) is 0 Å². The van der Waals surface area contributed by atoms with Gasteiger partial charge in [0, 0.05) is 25.7 Å². The highest BCUT2D eigenvalue weighted by Crippen LogP contribution is 2.24. The van der Waals surface area contributed by atoms with Gasteiger partial charge in [-0.1, -0.05) is 37.3 Å². The van der Waals surface area contributed by atoms with Crippen LogP contribution in [0.2, 0.25) is 0 Å². The second-order valence-corrected chi connectivity index (χ2v) is 5.23. The zero-order valence-corrected chi connectivity index (χ0v) is 11.0. The van der Waals surface area contributed by atoms with E-state index in [1.807, 2.05) is 0 Å². The van der Waals surface area contributed by atoms with Gasteiger partial charge in [0.15, 0.2) is 0 Å². The van der Waals surface area contributed by atoms with E-state index in [1.54, 1.807) is 0 Å². The molecule has 94 valence electrons. The van der Waals surface area contributed by atoms with Crippen LogP contribution < -0.4 is 5.32 Å². The Kier molecular flexibility index (Phi) is 4.57. The van der Waals surface area contributed by atoms with Gasteiger partial charge in [-0.05, 0) is 31.4 Å². The lowest BCUT2D eigenvalue weighted by atomic mass is 10.0. The van der Waals surface area contributed by atoms with E-state index in [-0.39, 0.29) is 0 Å². The van der Waals surface area contributed by atoms with Gasteiger partial charge in [-0.15, -0.1) is 0 Å². The molecule has 0 heterocycles. The highest BCUT2D eigenvalue weighted by atomic mass is 15.2. The minimum Gasteiger partial charge on any atom is -0.315 e. The van der Waals surface area contributed by atoms with Crippen molar-refractivity contribution in [2.75, 3.05) is 26.7 Å². The Labute approximate surface area is 105 Å². The van der Waals surface area contributed by atoms with E-state index in [0.29, 0.717) is 5.92 Å². The maximum absolute atomic E-state index is 3.56. The molecule has 1 N–H and O–H groups in total. The Morgan fingerprint density at radius 1 is 1.29 bits per heavy atom. The van der Waals surface area contributed by atoms with Crippen LogP contribution in [0.15, 0.2) is 30.3 Å². The molecule has 1 atom stereocenters. The average molecular weight is 232 g/mol. The summed E-state index contributed by atoms with van der Waals surface area (Å²) in [7, 11) is 2.24. The summed E-state index contributed by atoms with van der Waals surface area (Å²) in [6.45, 7) is 5.63. The molecule has 17 heavy (non-hydrogen) atoms. The van der Waals surface area contributed by atoms with Crippen LogP contribution in [0.5, 0.6) is 0 Å². The lowest BCUT2D eigenvalue weighted by Gasteiger charge is -2.17. The minimum absolute atomic E-state index is 0.599. The first-order valence-corrected chi connectivity index (χ1v) is 6.73. The molecule has 1 unspecified atom stereocenters. The largest absolute Gasteiger partial charge is 0.315 e. The molecule has 1 saturated carbocycles. The van der Waals surface area contributed by atoms with Gasteiger partial charge in [0.05, 0.1) is 0 Å². The van der Waals surface area contributed by atoms with Crippen molar-refractivity contribution < 1.29 is 0 Å². The van der Waals surface area contributed by atoms with Crippen molar-refractivity contribution in [3.05, 3.63) is 35.9 Å². The SMILES string of the molecule is CC(CNCCN(C)C1CC1)c1ccccc1. The van der Waals surface area contributed by atoms with Crippen LogP contribution in [0.1, 0.15) is 31.2 Å². The minimum atomic E-state index is 0.599. The second kappa shape index (κ2) is 6.18. The number of rotatable bonds is 7. The topological polar surface area (TPSA) is 15.3 Å². The molecule has 1 aromatic carbocycles. The zero-order valence-electron chi connectivity index (χ0n) is 11.0. The maximum atomic E-state index is 3.56. The predicted octanol–water partition coefficient (Wildman–Crippen LogP) is 2.47. The lowest BCUT2D eigenvalue weighted by molar-refractivity contribution is 0.321. The standard InChI is InChI=1S/C15H24N2/c1-13(14-6-4-3-5-7-14)12-16-10-11-17(2)15-8-9-15/h3-7,13,15-16H,8-12H2,1-2H3. The summed E-state index contributed by atoms with van der Waals surface area (Å²) in [6, 6.07) is 11.6. The average Bonchev–Trinajstić information content (AvgIpc) is 3.19. The van der Waals surface area contributed by atoms with Crippen LogP contribution in [0, 0.1) is 0 Å². The fourth-order valence-electron chi connectivity index (χ4n) is 2.17. The quantitative estimate of drug-likeness (QED) is 0.727. The first kappa shape index (κ1) is 12.6. The molecule has 1 aromatic rings. The predicted molar refractivity (Wildman–Crippen MR) is 73.4 cm³/mol. The number of hydrogen-bond donors (Lipinski definition) is 1. The third kappa shape index (κ3) is 4.14. The molecular weight excluding hydrogens is 208 g/mol. The molecule has 1 fully saturated rings. The molecule has 0 bridgehead atoms. The highest BCUT2D eigenvalue weighted by molar-refractivity contribution is 5.18. The summed E-state index contributed by atoms with van der Waals surface area (Å²) in [5.41, 5.74) is 1.43. The normalized spacial score (nSPS) is 17.4. The Bertz CT molecular complexity index is 319. The summed E-state index contributed by atoms with van der Waals surface area (Å²) in [6.07, 6.45) is 2.80. The van der Waals surface area contributed by atoms with Crippen LogP contribution in [-0.2, 0) is 0 Å².